The summed E-state index contributed by atoms with van der Waals surface area (Å²) in [7, 11) is -3.64. The molecule has 0 spiro atoms. The fourth-order valence-electron chi connectivity index (χ4n) is 2.06. The van der Waals surface area contributed by atoms with Gasteiger partial charge in [0, 0.05) is 16.2 Å². The van der Waals surface area contributed by atoms with E-state index in [1.165, 1.54) is 0 Å². The zero-order chi connectivity index (χ0) is 15.6. The van der Waals surface area contributed by atoms with Gasteiger partial charge in [0.25, 0.3) is 0 Å². The molecule has 21 heavy (non-hydrogen) atoms. The standard InChI is InChI=1S/C15H17BrN2O2S/c1-10-14(17)8-13(16)9-15(10)21(19,20)18-11(2)12-6-4-3-5-7-12/h3-9,11,18H,17H2,1-2H3/t11-/m1/s1. The smallest absolute Gasteiger partial charge is 0.241 e. The Hall–Kier alpha value is -1.37. The molecular weight excluding hydrogens is 352 g/mol. The molecule has 0 aliphatic rings. The Morgan fingerprint density at radius 2 is 1.81 bits per heavy atom. The molecule has 0 aliphatic heterocycles. The van der Waals surface area contributed by atoms with Gasteiger partial charge in [-0.15, -0.1) is 0 Å². The summed E-state index contributed by atoms with van der Waals surface area (Å²) in [5.74, 6) is 0. The molecule has 0 radical (unpaired) electrons. The van der Waals surface area contributed by atoms with Gasteiger partial charge in [-0.1, -0.05) is 46.3 Å². The van der Waals surface area contributed by atoms with Crippen LogP contribution >= 0.6 is 15.9 Å². The summed E-state index contributed by atoms with van der Waals surface area (Å²) in [6.07, 6.45) is 0. The van der Waals surface area contributed by atoms with Crippen LogP contribution < -0.4 is 10.5 Å². The Labute approximate surface area is 133 Å². The highest BCUT2D eigenvalue weighted by Gasteiger charge is 2.21. The van der Waals surface area contributed by atoms with Crippen LogP contribution in [0.5, 0.6) is 0 Å². The van der Waals surface area contributed by atoms with Crippen molar-refractivity contribution in [1.29, 1.82) is 0 Å². The molecule has 0 aromatic heterocycles. The second-order valence-electron chi connectivity index (χ2n) is 4.87. The molecule has 2 rings (SSSR count). The summed E-state index contributed by atoms with van der Waals surface area (Å²) >= 11 is 3.28. The van der Waals surface area contributed by atoms with Crippen LogP contribution in [0.15, 0.2) is 51.8 Å². The summed E-state index contributed by atoms with van der Waals surface area (Å²) in [5.41, 5.74) is 7.73. The molecule has 0 saturated carbocycles. The molecule has 1 atom stereocenters. The van der Waals surface area contributed by atoms with Crippen LogP contribution in [0, 0.1) is 6.92 Å². The number of sulfonamides is 1. The molecular formula is C15H17BrN2O2S. The number of nitrogens with two attached hydrogens (primary N) is 1. The molecule has 0 heterocycles. The Morgan fingerprint density at radius 1 is 1.19 bits per heavy atom. The number of anilines is 1. The summed E-state index contributed by atoms with van der Waals surface area (Å²) in [6.45, 7) is 3.51. The minimum absolute atomic E-state index is 0.192. The van der Waals surface area contributed by atoms with Gasteiger partial charge in [-0.25, -0.2) is 13.1 Å². The average Bonchev–Trinajstić information content (AvgIpc) is 2.43. The number of rotatable bonds is 4. The normalized spacial score (nSPS) is 13.1. The van der Waals surface area contributed by atoms with Crippen molar-refractivity contribution >= 4 is 31.6 Å². The maximum absolute atomic E-state index is 12.6. The third-order valence-corrected chi connectivity index (χ3v) is 5.41. The molecule has 0 saturated heterocycles. The Morgan fingerprint density at radius 3 is 2.43 bits per heavy atom. The largest absolute Gasteiger partial charge is 0.398 e. The van der Waals surface area contributed by atoms with Crippen LogP contribution in [0.3, 0.4) is 0 Å². The first kappa shape index (κ1) is 16.0. The Kier molecular flexibility index (Phi) is 4.70. The monoisotopic (exact) mass is 368 g/mol. The van der Waals surface area contributed by atoms with Crippen LogP contribution in [0.25, 0.3) is 0 Å². The van der Waals surface area contributed by atoms with Crippen molar-refractivity contribution in [2.24, 2.45) is 0 Å². The molecule has 0 aliphatic carbocycles. The maximum atomic E-state index is 12.6. The van der Waals surface area contributed by atoms with Gasteiger partial charge < -0.3 is 5.73 Å². The lowest BCUT2D eigenvalue weighted by molar-refractivity contribution is 0.566. The molecule has 0 unspecified atom stereocenters. The van der Waals surface area contributed by atoms with Crippen molar-refractivity contribution in [3.05, 3.63) is 58.1 Å². The maximum Gasteiger partial charge on any atom is 0.241 e. The van der Waals surface area contributed by atoms with Crippen molar-refractivity contribution in [3.63, 3.8) is 0 Å². The van der Waals surface area contributed by atoms with Gasteiger partial charge in [0.15, 0.2) is 0 Å². The van der Waals surface area contributed by atoms with E-state index in [0.29, 0.717) is 15.7 Å². The van der Waals surface area contributed by atoms with Crippen LogP contribution in [0.2, 0.25) is 0 Å². The Balaban J connectivity index is 2.35. The number of nitrogens with one attached hydrogen (secondary N) is 1. The van der Waals surface area contributed by atoms with E-state index in [2.05, 4.69) is 20.7 Å². The molecule has 2 aromatic carbocycles. The molecule has 0 bridgehead atoms. The average molecular weight is 369 g/mol. The number of halogens is 1. The second kappa shape index (κ2) is 6.17. The van der Waals surface area contributed by atoms with E-state index in [0.717, 1.165) is 5.56 Å². The van der Waals surface area contributed by atoms with Gasteiger partial charge in [-0.05, 0) is 37.1 Å². The van der Waals surface area contributed by atoms with Crippen molar-refractivity contribution in [2.75, 3.05) is 5.73 Å². The first-order valence-corrected chi connectivity index (χ1v) is 8.72. The van der Waals surface area contributed by atoms with E-state index in [-0.39, 0.29) is 10.9 Å². The molecule has 2 aromatic rings. The second-order valence-corrected chi connectivity index (χ2v) is 7.47. The van der Waals surface area contributed by atoms with Crippen LogP contribution in [-0.2, 0) is 10.0 Å². The highest BCUT2D eigenvalue weighted by Crippen LogP contribution is 2.27. The van der Waals surface area contributed by atoms with Crippen molar-refractivity contribution in [3.8, 4) is 0 Å². The zero-order valence-corrected chi connectivity index (χ0v) is 14.2. The number of hydrogen-bond donors (Lipinski definition) is 2. The van der Waals surface area contributed by atoms with Gasteiger partial charge in [0.05, 0.1) is 4.90 Å². The minimum atomic E-state index is -3.64. The SMILES string of the molecule is Cc1c(N)cc(Br)cc1S(=O)(=O)N[C@H](C)c1ccccc1. The van der Waals surface area contributed by atoms with E-state index >= 15 is 0 Å². The predicted molar refractivity (Wildman–Crippen MR) is 88.5 cm³/mol. The van der Waals surface area contributed by atoms with Crippen LogP contribution in [0.4, 0.5) is 5.69 Å². The fraction of sp³-hybridized carbons (Fsp3) is 0.200. The van der Waals surface area contributed by atoms with Gasteiger partial charge >= 0.3 is 0 Å². The number of hydrogen-bond acceptors (Lipinski definition) is 3. The van der Waals surface area contributed by atoms with E-state index in [4.69, 9.17) is 5.73 Å². The first-order valence-electron chi connectivity index (χ1n) is 6.44. The molecule has 0 fully saturated rings. The summed E-state index contributed by atoms with van der Waals surface area (Å²) in [4.78, 5) is 0.192. The van der Waals surface area contributed by atoms with Crippen LogP contribution in [0.1, 0.15) is 24.1 Å². The lowest BCUT2D eigenvalue weighted by atomic mass is 10.1. The molecule has 112 valence electrons. The van der Waals surface area contributed by atoms with Gasteiger partial charge in [-0.3, -0.25) is 0 Å². The molecule has 6 heteroatoms. The van der Waals surface area contributed by atoms with Gasteiger partial charge in [0.1, 0.15) is 0 Å². The highest BCUT2D eigenvalue weighted by atomic mass is 79.9. The van der Waals surface area contributed by atoms with E-state index in [1.807, 2.05) is 37.3 Å². The van der Waals surface area contributed by atoms with Gasteiger partial charge in [0.2, 0.25) is 10.0 Å². The minimum Gasteiger partial charge on any atom is -0.398 e. The van der Waals surface area contributed by atoms with E-state index in [1.54, 1.807) is 19.1 Å². The number of benzene rings is 2. The van der Waals surface area contributed by atoms with Crippen molar-refractivity contribution < 1.29 is 8.42 Å². The zero-order valence-electron chi connectivity index (χ0n) is 11.8. The summed E-state index contributed by atoms with van der Waals surface area (Å²) < 4.78 is 28.4. The van der Waals surface area contributed by atoms with Crippen molar-refractivity contribution in [1.82, 2.24) is 4.72 Å². The van der Waals surface area contributed by atoms with Crippen LogP contribution in [-0.4, -0.2) is 8.42 Å². The lowest BCUT2D eigenvalue weighted by Gasteiger charge is -2.17. The molecule has 4 nitrogen and oxygen atoms in total. The Bertz CT molecular complexity index is 746. The molecule has 0 amide bonds. The topological polar surface area (TPSA) is 72.2 Å². The third-order valence-electron chi connectivity index (χ3n) is 3.29. The molecule has 3 N–H and O–H groups in total. The lowest BCUT2D eigenvalue weighted by Crippen LogP contribution is -2.27. The fourth-order valence-corrected chi connectivity index (χ4v) is 4.22. The quantitative estimate of drug-likeness (QED) is 0.812. The van der Waals surface area contributed by atoms with Gasteiger partial charge in [-0.2, -0.15) is 0 Å². The number of nitrogen functional groups attached to an aromatic ring is 1. The summed E-state index contributed by atoms with van der Waals surface area (Å²) in [6, 6.07) is 12.3. The third kappa shape index (κ3) is 3.64. The summed E-state index contributed by atoms with van der Waals surface area (Å²) in [5, 5.41) is 0. The van der Waals surface area contributed by atoms with Crippen molar-refractivity contribution in [2.45, 2.75) is 24.8 Å². The van der Waals surface area contributed by atoms with E-state index < -0.39 is 10.0 Å². The van der Waals surface area contributed by atoms with E-state index in [9.17, 15) is 8.42 Å². The predicted octanol–water partition coefficient (Wildman–Crippen LogP) is 3.38. The highest BCUT2D eigenvalue weighted by molar-refractivity contribution is 9.10. The first-order chi connectivity index (χ1) is 9.81.